The molecular weight excluding hydrogens is 608 g/mol. The maximum atomic E-state index is 13.8. The van der Waals surface area contributed by atoms with Gasteiger partial charge in [0.05, 0.1) is 30.7 Å². The smallest absolute Gasteiger partial charge is 0.411 e. The number of methoxy groups -OCH3 is 1. The number of halogens is 1. The summed E-state index contributed by atoms with van der Waals surface area (Å²) >= 11 is 6.39. The van der Waals surface area contributed by atoms with E-state index in [1.165, 1.54) is 19.2 Å². The Hall–Kier alpha value is -6.08. The van der Waals surface area contributed by atoms with Crippen molar-refractivity contribution in [3.63, 3.8) is 0 Å². The standard InChI is InChI=1S/C32H31ClN10O3/c1-46-32(45)39-22-9-7-19(8-10-22)25-17-38-29(40-25)26(13-18-5-3-2-4-6-18)43-12-11-20(14-27(43)44)23-15-21(33)16-24(41-30(34)35)28(23)42-31(36)37/h2-12,14-17,26H,13H2,1H3,(H,38,40)(H,39,45)(H4,34,35,41)(H4,36,37,42). The molecule has 2 heterocycles. The largest absolute Gasteiger partial charge is 0.453 e. The molecule has 1 amide bonds. The number of imidazole rings is 1. The number of carbonyl (C=O) groups is 1. The molecule has 0 bridgehead atoms. The number of nitrogens with two attached hydrogens (primary N) is 4. The van der Waals surface area contributed by atoms with E-state index in [-0.39, 0.29) is 28.9 Å². The number of guanidine groups is 2. The number of H-pyrrole nitrogens is 1. The quantitative estimate of drug-likeness (QED) is 0.100. The molecule has 5 rings (SSSR count). The molecule has 234 valence electrons. The first-order valence-electron chi connectivity index (χ1n) is 13.9. The monoisotopic (exact) mass is 638 g/mol. The van der Waals surface area contributed by atoms with Gasteiger partial charge in [-0.1, -0.05) is 54.1 Å². The topological polar surface area (TPSA) is 218 Å². The van der Waals surface area contributed by atoms with Crippen LogP contribution in [0.1, 0.15) is 17.4 Å². The van der Waals surface area contributed by atoms with Crippen molar-refractivity contribution in [3.8, 4) is 22.4 Å². The van der Waals surface area contributed by atoms with Crippen LogP contribution in [0.2, 0.25) is 5.02 Å². The van der Waals surface area contributed by atoms with Crippen LogP contribution in [0.3, 0.4) is 0 Å². The lowest BCUT2D eigenvalue weighted by Crippen LogP contribution is -2.27. The molecule has 13 nitrogen and oxygen atoms in total. The van der Waals surface area contributed by atoms with Crippen LogP contribution in [-0.2, 0) is 11.2 Å². The number of hydrogen-bond acceptors (Lipinski definition) is 6. The maximum Gasteiger partial charge on any atom is 0.411 e. The molecule has 0 aliphatic heterocycles. The molecule has 2 aromatic heterocycles. The van der Waals surface area contributed by atoms with E-state index in [4.69, 9.17) is 34.5 Å². The number of aromatic amines is 1. The molecule has 5 aromatic rings. The number of carbonyl (C=O) groups excluding carboxylic acids is 1. The predicted molar refractivity (Wildman–Crippen MR) is 180 cm³/mol. The number of nitrogens with one attached hydrogen (secondary N) is 2. The van der Waals surface area contributed by atoms with E-state index >= 15 is 0 Å². The highest BCUT2D eigenvalue weighted by Crippen LogP contribution is 2.41. The molecule has 0 radical (unpaired) electrons. The van der Waals surface area contributed by atoms with Crippen LogP contribution >= 0.6 is 11.6 Å². The summed E-state index contributed by atoms with van der Waals surface area (Å²) in [4.78, 5) is 41.7. The van der Waals surface area contributed by atoms with E-state index in [1.54, 1.807) is 41.2 Å². The zero-order valence-corrected chi connectivity index (χ0v) is 25.4. The van der Waals surface area contributed by atoms with Crippen LogP contribution in [0.5, 0.6) is 0 Å². The van der Waals surface area contributed by atoms with Gasteiger partial charge >= 0.3 is 6.09 Å². The second-order valence-corrected chi connectivity index (χ2v) is 10.6. The number of benzene rings is 3. The van der Waals surface area contributed by atoms with Crippen LogP contribution in [-0.4, -0.2) is 39.7 Å². The number of aliphatic imine (C=N–C) groups is 2. The lowest BCUT2D eigenvalue weighted by molar-refractivity contribution is 0.187. The van der Waals surface area contributed by atoms with Gasteiger partial charge in [-0.05, 0) is 47.0 Å². The number of anilines is 1. The molecule has 3 aromatic carbocycles. The Kier molecular flexibility index (Phi) is 9.33. The first kappa shape index (κ1) is 31.3. The third-order valence-corrected chi connectivity index (χ3v) is 7.17. The van der Waals surface area contributed by atoms with Crippen LogP contribution < -0.4 is 33.8 Å². The van der Waals surface area contributed by atoms with Crippen molar-refractivity contribution in [2.24, 2.45) is 32.9 Å². The van der Waals surface area contributed by atoms with Gasteiger partial charge in [0, 0.05) is 35.0 Å². The van der Waals surface area contributed by atoms with E-state index in [0.717, 1.165) is 16.8 Å². The Morgan fingerprint density at radius 1 is 0.978 bits per heavy atom. The minimum absolute atomic E-state index is 0.217. The van der Waals surface area contributed by atoms with E-state index < -0.39 is 12.1 Å². The molecule has 0 fully saturated rings. The third-order valence-electron chi connectivity index (χ3n) is 6.95. The van der Waals surface area contributed by atoms with E-state index in [1.807, 2.05) is 42.5 Å². The second-order valence-electron chi connectivity index (χ2n) is 10.1. The maximum absolute atomic E-state index is 13.8. The third kappa shape index (κ3) is 7.34. The fraction of sp³-hybridized carbons (Fsp3) is 0.0938. The highest BCUT2D eigenvalue weighted by atomic mass is 35.5. The number of nitrogens with zero attached hydrogens (tertiary/aromatic N) is 4. The molecule has 0 saturated heterocycles. The fourth-order valence-electron chi connectivity index (χ4n) is 4.91. The lowest BCUT2D eigenvalue weighted by atomic mass is 10.0. The molecule has 0 saturated carbocycles. The lowest BCUT2D eigenvalue weighted by Gasteiger charge is -2.19. The number of hydrogen-bond donors (Lipinski definition) is 6. The summed E-state index contributed by atoms with van der Waals surface area (Å²) in [6.07, 6.45) is 3.30. The highest BCUT2D eigenvalue weighted by molar-refractivity contribution is 6.31. The number of aromatic nitrogens is 3. The number of pyridine rings is 1. The Bertz CT molecular complexity index is 1980. The van der Waals surface area contributed by atoms with Crippen LogP contribution in [0.15, 0.2) is 106 Å². The normalized spacial score (nSPS) is 11.3. The van der Waals surface area contributed by atoms with Gasteiger partial charge in [0.15, 0.2) is 11.9 Å². The summed E-state index contributed by atoms with van der Waals surface area (Å²) in [5.41, 5.74) is 26.9. The van der Waals surface area contributed by atoms with Gasteiger partial charge in [-0.25, -0.2) is 19.8 Å². The van der Waals surface area contributed by atoms with Crippen molar-refractivity contribution in [2.75, 3.05) is 12.4 Å². The predicted octanol–water partition coefficient (Wildman–Crippen LogP) is 4.38. The van der Waals surface area contributed by atoms with E-state index in [2.05, 4.69) is 30.0 Å². The first-order valence-corrected chi connectivity index (χ1v) is 14.3. The molecular formula is C32H31ClN10O3. The highest BCUT2D eigenvalue weighted by Gasteiger charge is 2.21. The van der Waals surface area contributed by atoms with Gasteiger partial charge in [0.25, 0.3) is 5.56 Å². The van der Waals surface area contributed by atoms with Crippen molar-refractivity contribution in [2.45, 2.75) is 12.5 Å². The first-order chi connectivity index (χ1) is 22.1. The zero-order valence-electron chi connectivity index (χ0n) is 24.6. The molecule has 1 atom stereocenters. The van der Waals surface area contributed by atoms with Crippen molar-refractivity contribution in [1.82, 2.24) is 14.5 Å². The Balaban J connectivity index is 1.55. The Morgan fingerprint density at radius 3 is 2.35 bits per heavy atom. The fourth-order valence-corrected chi connectivity index (χ4v) is 5.12. The van der Waals surface area contributed by atoms with Crippen molar-refractivity contribution in [1.29, 1.82) is 0 Å². The number of ether oxygens (including phenoxy) is 1. The van der Waals surface area contributed by atoms with Gasteiger partial charge in [-0.3, -0.25) is 10.1 Å². The second kappa shape index (κ2) is 13.7. The van der Waals surface area contributed by atoms with Crippen LogP contribution in [0, 0.1) is 0 Å². The van der Waals surface area contributed by atoms with Gasteiger partial charge < -0.3 is 37.2 Å². The van der Waals surface area contributed by atoms with Gasteiger partial charge in [0.2, 0.25) is 0 Å². The van der Waals surface area contributed by atoms with Crippen molar-refractivity contribution < 1.29 is 9.53 Å². The summed E-state index contributed by atoms with van der Waals surface area (Å²) in [7, 11) is 1.30. The zero-order chi connectivity index (χ0) is 32.8. The molecule has 0 aliphatic carbocycles. The number of amides is 1. The summed E-state index contributed by atoms with van der Waals surface area (Å²) in [6, 6.07) is 22.8. The van der Waals surface area contributed by atoms with Crippen molar-refractivity contribution >= 4 is 46.7 Å². The van der Waals surface area contributed by atoms with Gasteiger partial charge in [0.1, 0.15) is 11.5 Å². The van der Waals surface area contributed by atoms with E-state index in [0.29, 0.717) is 34.1 Å². The molecule has 46 heavy (non-hydrogen) atoms. The van der Waals surface area contributed by atoms with Gasteiger partial charge in [-0.2, -0.15) is 0 Å². The summed E-state index contributed by atoms with van der Waals surface area (Å²) in [6.45, 7) is 0. The minimum atomic E-state index is -0.561. The summed E-state index contributed by atoms with van der Waals surface area (Å²) < 4.78 is 6.25. The Labute approximate surface area is 268 Å². The summed E-state index contributed by atoms with van der Waals surface area (Å²) in [5.74, 6) is 0.130. The summed E-state index contributed by atoms with van der Waals surface area (Å²) in [5, 5.41) is 2.94. The molecule has 1 unspecified atom stereocenters. The van der Waals surface area contributed by atoms with Crippen LogP contribution in [0.4, 0.5) is 21.9 Å². The SMILES string of the molecule is COC(=O)Nc1ccc(-c2cnc(C(Cc3ccccc3)n3ccc(-c4cc(Cl)cc(N=C(N)N)c4N=C(N)N)cc3=O)[nH]2)cc1. The average Bonchev–Trinajstić information content (AvgIpc) is 3.52. The molecule has 10 N–H and O–H groups in total. The molecule has 14 heteroatoms. The molecule has 0 spiro atoms. The van der Waals surface area contributed by atoms with Crippen molar-refractivity contribution in [3.05, 3.63) is 118 Å². The minimum Gasteiger partial charge on any atom is -0.453 e. The average molecular weight is 639 g/mol. The van der Waals surface area contributed by atoms with Gasteiger partial charge in [-0.15, -0.1) is 0 Å². The van der Waals surface area contributed by atoms with E-state index in [9.17, 15) is 9.59 Å². The van der Waals surface area contributed by atoms with Crippen LogP contribution in [0.25, 0.3) is 22.4 Å². The number of rotatable bonds is 9. The molecule has 0 aliphatic rings. The Morgan fingerprint density at radius 2 is 1.70 bits per heavy atom.